The number of carbonyl (C=O) groups excluding carboxylic acids is 2. The first-order valence-electron chi connectivity index (χ1n) is 8.40. The molecule has 9 heteroatoms. The van der Waals surface area contributed by atoms with Crippen molar-refractivity contribution in [3.8, 4) is 5.75 Å². The average Bonchev–Trinajstić information content (AvgIpc) is 3.02. The highest BCUT2D eigenvalue weighted by atomic mass is 32.1. The molecule has 0 radical (unpaired) electrons. The number of carbonyl (C=O) groups is 2. The quantitative estimate of drug-likeness (QED) is 0.602. The van der Waals surface area contributed by atoms with E-state index in [9.17, 15) is 27.9 Å². The topological polar surface area (TPSA) is 66.8 Å². The molecule has 0 aliphatic carbocycles. The number of thiophene rings is 1. The second-order valence-corrected chi connectivity index (χ2v) is 7.28. The number of esters is 1. The Morgan fingerprint density at radius 3 is 2.34 bits per heavy atom. The summed E-state index contributed by atoms with van der Waals surface area (Å²) in [6, 6.07) is 8.89. The van der Waals surface area contributed by atoms with Crippen LogP contribution in [0, 0.1) is 0 Å². The zero-order valence-corrected chi connectivity index (χ0v) is 16.2. The average molecular weight is 423 g/mol. The third-order valence-electron chi connectivity index (χ3n) is 4.29. The Balaban J connectivity index is 2.06. The van der Waals surface area contributed by atoms with Crippen molar-refractivity contribution < 1.29 is 32.6 Å². The lowest BCUT2D eigenvalue weighted by Gasteiger charge is -2.21. The van der Waals surface area contributed by atoms with Crippen LogP contribution in [0.2, 0.25) is 0 Å². The fraction of sp³-hybridized carbons (Fsp3) is 0.200. The van der Waals surface area contributed by atoms with Gasteiger partial charge < -0.3 is 9.84 Å². The van der Waals surface area contributed by atoms with E-state index in [0.717, 1.165) is 23.5 Å². The van der Waals surface area contributed by atoms with Crippen LogP contribution in [0.25, 0.3) is 10.1 Å². The lowest BCUT2D eigenvalue weighted by molar-refractivity contribution is -0.137. The zero-order valence-electron chi connectivity index (χ0n) is 15.4. The number of halogens is 3. The molecule has 1 aromatic heterocycles. The summed E-state index contributed by atoms with van der Waals surface area (Å²) in [4.78, 5) is 26.0. The van der Waals surface area contributed by atoms with Gasteiger partial charge in [0, 0.05) is 17.0 Å². The van der Waals surface area contributed by atoms with Crippen LogP contribution in [0.3, 0.4) is 0 Å². The molecule has 152 valence electrons. The molecule has 5 nitrogen and oxygen atoms in total. The highest BCUT2D eigenvalue weighted by molar-refractivity contribution is 7.23. The van der Waals surface area contributed by atoms with Gasteiger partial charge in [-0.1, -0.05) is 12.1 Å². The van der Waals surface area contributed by atoms with Gasteiger partial charge in [0.05, 0.1) is 19.2 Å². The molecule has 3 rings (SSSR count). The van der Waals surface area contributed by atoms with Crippen LogP contribution in [0.4, 0.5) is 18.2 Å². The van der Waals surface area contributed by atoms with Crippen molar-refractivity contribution >= 4 is 38.3 Å². The van der Waals surface area contributed by atoms with E-state index < -0.39 is 23.6 Å². The maximum absolute atomic E-state index is 12.8. The molecule has 1 heterocycles. The third kappa shape index (κ3) is 4.19. The molecule has 1 amide bonds. The molecule has 0 spiro atoms. The smallest absolute Gasteiger partial charge is 0.416 e. The number of phenolic OH excluding ortho intramolecular Hbond substituents is 1. The highest BCUT2D eigenvalue weighted by Crippen LogP contribution is 2.41. The lowest BCUT2D eigenvalue weighted by Crippen LogP contribution is -2.28. The normalized spacial score (nSPS) is 11.5. The minimum atomic E-state index is -4.45. The van der Waals surface area contributed by atoms with Gasteiger partial charge in [-0.3, -0.25) is 9.69 Å². The Bertz CT molecular complexity index is 1070. The van der Waals surface area contributed by atoms with E-state index in [-0.39, 0.29) is 17.9 Å². The summed E-state index contributed by atoms with van der Waals surface area (Å²) in [7, 11) is 1.21. The molecule has 29 heavy (non-hydrogen) atoms. The largest absolute Gasteiger partial charge is 0.508 e. The number of fused-ring (bicyclic) bond motifs is 1. The van der Waals surface area contributed by atoms with E-state index >= 15 is 0 Å². The van der Waals surface area contributed by atoms with Crippen molar-refractivity contribution in [1.29, 1.82) is 0 Å². The van der Waals surface area contributed by atoms with E-state index in [1.807, 2.05) is 0 Å². The summed E-state index contributed by atoms with van der Waals surface area (Å²) in [6.07, 6.45) is -4.45. The second-order valence-electron chi connectivity index (χ2n) is 6.25. The Kier molecular flexibility index (Phi) is 5.52. The van der Waals surface area contributed by atoms with Crippen molar-refractivity contribution in [3.05, 3.63) is 59.2 Å². The summed E-state index contributed by atoms with van der Waals surface area (Å²) < 4.78 is 43.7. The van der Waals surface area contributed by atoms with Crippen molar-refractivity contribution in [3.63, 3.8) is 0 Å². The van der Waals surface area contributed by atoms with Gasteiger partial charge in [-0.25, -0.2) is 4.79 Å². The summed E-state index contributed by atoms with van der Waals surface area (Å²) in [5.74, 6) is -1.06. The van der Waals surface area contributed by atoms with E-state index in [4.69, 9.17) is 4.74 Å². The molecule has 0 bridgehead atoms. The lowest BCUT2D eigenvalue weighted by atomic mass is 10.1. The number of aromatic hydroxyl groups is 1. The number of anilines is 1. The van der Waals surface area contributed by atoms with Crippen molar-refractivity contribution in [2.45, 2.75) is 19.6 Å². The van der Waals surface area contributed by atoms with Crippen LogP contribution in [-0.2, 0) is 22.3 Å². The van der Waals surface area contributed by atoms with Gasteiger partial charge in [0.2, 0.25) is 5.91 Å². The first-order valence-corrected chi connectivity index (χ1v) is 9.21. The van der Waals surface area contributed by atoms with Crippen LogP contribution in [-0.4, -0.2) is 24.1 Å². The molecule has 0 atom stereocenters. The first kappa shape index (κ1) is 20.7. The zero-order chi connectivity index (χ0) is 21.3. The van der Waals surface area contributed by atoms with Gasteiger partial charge in [0.15, 0.2) is 0 Å². The molecular weight excluding hydrogens is 407 g/mol. The standard InChI is InChI=1S/C20H16F3NO4S/c1-11(25)24(10-12-3-5-13(6-4-12)20(21,22)23)18-17(19(27)28-2)15-8-7-14(26)9-16(15)29-18/h3-9,26H,10H2,1-2H3. The minimum Gasteiger partial charge on any atom is -0.508 e. The SMILES string of the molecule is COC(=O)c1c(N(Cc2ccc(C(F)(F)F)cc2)C(C)=O)sc2cc(O)ccc12. The molecular formula is C20H16F3NO4S. The number of alkyl halides is 3. The minimum absolute atomic E-state index is 0.00108. The van der Waals surface area contributed by atoms with Crippen LogP contribution in [0.15, 0.2) is 42.5 Å². The molecule has 3 aromatic rings. The fourth-order valence-corrected chi connectivity index (χ4v) is 4.14. The Labute approximate surface area is 167 Å². The van der Waals surface area contributed by atoms with Crippen LogP contribution < -0.4 is 4.90 Å². The number of nitrogens with zero attached hydrogens (tertiary/aromatic N) is 1. The van der Waals surface area contributed by atoms with E-state index in [1.54, 1.807) is 6.07 Å². The Morgan fingerprint density at radius 1 is 1.14 bits per heavy atom. The van der Waals surface area contributed by atoms with Gasteiger partial charge in [-0.05, 0) is 35.9 Å². The predicted molar refractivity (Wildman–Crippen MR) is 103 cm³/mol. The maximum Gasteiger partial charge on any atom is 0.416 e. The number of benzene rings is 2. The van der Waals surface area contributed by atoms with Crippen molar-refractivity contribution in [2.75, 3.05) is 12.0 Å². The third-order valence-corrected chi connectivity index (χ3v) is 5.47. The van der Waals surface area contributed by atoms with Crippen LogP contribution >= 0.6 is 11.3 Å². The van der Waals surface area contributed by atoms with E-state index in [2.05, 4.69) is 0 Å². The number of hydrogen-bond acceptors (Lipinski definition) is 5. The molecule has 2 aromatic carbocycles. The second kappa shape index (κ2) is 7.75. The highest BCUT2D eigenvalue weighted by Gasteiger charge is 2.30. The Morgan fingerprint density at radius 2 is 1.79 bits per heavy atom. The van der Waals surface area contributed by atoms with Gasteiger partial charge in [0.25, 0.3) is 0 Å². The number of phenols is 1. The van der Waals surface area contributed by atoms with Crippen molar-refractivity contribution in [2.24, 2.45) is 0 Å². The van der Waals surface area contributed by atoms with Gasteiger partial charge >= 0.3 is 12.1 Å². The molecule has 1 N–H and O–H groups in total. The summed E-state index contributed by atoms with van der Waals surface area (Å²) in [6.45, 7) is 1.27. The molecule has 0 aliphatic rings. The van der Waals surface area contributed by atoms with E-state index in [0.29, 0.717) is 20.7 Å². The molecule has 0 unspecified atom stereocenters. The summed E-state index contributed by atoms with van der Waals surface area (Å²) >= 11 is 1.11. The van der Waals surface area contributed by atoms with Gasteiger partial charge in [-0.2, -0.15) is 13.2 Å². The first-order chi connectivity index (χ1) is 13.6. The molecule has 0 saturated heterocycles. The Hall–Kier alpha value is -3.07. The number of methoxy groups -OCH3 is 1. The molecule has 0 fully saturated rings. The maximum atomic E-state index is 12.8. The van der Waals surface area contributed by atoms with Crippen LogP contribution in [0.1, 0.15) is 28.4 Å². The van der Waals surface area contributed by atoms with Crippen LogP contribution in [0.5, 0.6) is 5.75 Å². The van der Waals surface area contributed by atoms with Crippen molar-refractivity contribution in [1.82, 2.24) is 0 Å². The summed E-state index contributed by atoms with van der Waals surface area (Å²) in [5, 5.41) is 10.5. The number of hydrogen-bond donors (Lipinski definition) is 1. The monoisotopic (exact) mass is 423 g/mol. The fourth-order valence-electron chi connectivity index (χ4n) is 2.87. The van der Waals surface area contributed by atoms with Gasteiger partial charge in [-0.15, -0.1) is 11.3 Å². The van der Waals surface area contributed by atoms with Gasteiger partial charge in [0.1, 0.15) is 16.3 Å². The molecule has 0 aliphatic heterocycles. The summed E-state index contributed by atoms with van der Waals surface area (Å²) in [5.41, 5.74) is -0.165. The predicted octanol–water partition coefficient (Wildman–Crippen LogP) is 4.97. The van der Waals surface area contributed by atoms with E-state index in [1.165, 1.54) is 43.2 Å². The number of rotatable bonds is 4. The number of ether oxygens (including phenoxy) is 1. The number of amides is 1. The molecule has 0 saturated carbocycles.